The Morgan fingerprint density at radius 3 is 2.39 bits per heavy atom. The minimum atomic E-state index is -1.00. The van der Waals surface area contributed by atoms with E-state index >= 15 is 0 Å². The van der Waals surface area contributed by atoms with Gasteiger partial charge in [-0.15, -0.1) is 0 Å². The Kier molecular flexibility index (Phi) is 5.57. The summed E-state index contributed by atoms with van der Waals surface area (Å²) >= 11 is 6.15. The van der Waals surface area contributed by atoms with Crippen molar-refractivity contribution >= 4 is 23.3 Å². The van der Waals surface area contributed by atoms with Crippen molar-refractivity contribution in [2.45, 2.75) is 49.0 Å². The van der Waals surface area contributed by atoms with Crippen molar-refractivity contribution in [2.75, 3.05) is 12.4 Å². The van der Waals surface area contributed by atoms with Gasteiger partial charge in [-0.25, -0.2) is 4.79 Å². The van der Waals surface area contributed by atoms with Crippen LogP contribution in [0.3, 0.4) is 0 Å². The monoisotopic (exact) mass is 461 g/mol. The van der Waals surface area contributed by atoms with Crippen molar-refractivity contribution in [2.24, 2.45) is 0 Å². The molecule has 0 heterocycles. The fraction of sp³-hybridized carbons (Fsp3) is 0.321. The quantitative estimate of drug-likeness (QED) is 0.459. The van der Waals surface area contributed by atoms with E-state index in [1.165, 1.54) is 16.7 Å². The van der Waals surface area contributed by atoms with Gasteiger partial charge in [0, 0.05) is 16.1 Å². The molecule has 3 aromatic carbocycles. The summed E-state index contributed by atoms with van der Waals surface area (Å²) in [7, 11) is 1.68. The number of nitrogens with one attached hydrogen (secondary N) is 1. The zero-order chi connectivity index (χ0) is 23.1. The smallest absolute Gasteiger partial charge is 0.329 e. The molecule has 3 aromatic rings. The molecular formula is C28H28ClNO3. The summed E-state index contributed by atoms with van der Waals surface area (Å²) in [6, 6.07) is 24.4. The molecule has 1 atom stereocenters. The predicted octanol–water partition coefficient (Wildman–Crippen LogP) is 6.44. The first-order chi connectivity index (χ1) is 16.0. The van der Waals surface area contributed by atoms with Crippen molar-refractivity contribution < 1.29 is 14.6 Å². The highest BCUT2D eigenvalue weighted by molar-refractivity contribution is 6.30. The van der Waals surface area contributed by atoms with Gasteiger partial charge < -0.3 is 15.2 Å². The van der Waals surface area contributed by atoms with Crippen LogP contribution in [0.2, 0.25) is 5.02 Å². The first-order valence-electron chi connectivity index (χ1n) is 11.5. The zero-order valence-electron chi connectivity index (χ0n) is 18.7. The van der Waals surface area contributed by atoms with Gasteiger partial charge in [-0.1, -0.05) is 54.1 Å². The van der Waals surface area contributed by atoms with Crippen LogP contribution in [0.15, 0.2) is 72.8 Å². The van der Waals surface area contributed by atoms with E-state index < -0.39 is 11.5 Å². The average molecular weight is 462 g/mol. The zero-order valence-corrected chi connectivity index (χ0v) is 19.4. The van der Waals surface area contributed by atoms with Gasteiger partial charge in [0.25, 0.3) is 0 Å². The summed E-state index contributed by atoms with van der Waals surface area (Å²) in [5.74, 6) is 0.367. The van der Waals surface area contributed by atoms with Gasteiger partial charge in [0.2, 0.25) is 0 Å². The number of halogens is 1. The van der Waals surface area contributed by atoms with Crippen LogP contribution in [0.4, 0.5) is 5.69 Å². The Bertz CT molecular complexity index is 1170. The summed E-state index contributed by atoms with van der Waals surface area (Å²) in [6.45, 7) is 0. The predicted molar refractivity (Wildman–Crippen MR) is 131 cm³/mol. The highest BCUT2D eigenvalue weighted by atomic mass is 35.5. The van der Waals surface area contributed by atoms with Gasteiger partial charge in [0.1, 0.15) is 11.3 Å². The number of rotatable bonds is 5. The number of carboxylic acid groups (broad SMARTS) is 1. The molecule has 1 spiro atoms. The van der Waals surface area contributed by atoms with Gasteiger partial charge in [-0.3, -0.25) is 0 Å². The molecule has 4 nitrogen and oxygen atoms in total. The second-order valence-electron chi connectivity index (χ2n) is 9.37. The summed E-state index contributed by atoms with van der Waals surface area (Å²) in [6.07, 6.45) is 3.69. The van der Waals surface area contributed by atoms with Crippen LogP contribution in [-0.2, 0) is 16.6 Å². The summed E-state index contributed by atoms with van der Waals surface area (Å²) in [5, 5.41) is 14.2. The van der Waals surface area contributed by atoms with E-state index in [4.69, 9.17) is 16.3 Å². The molecule has 33 heavy (non-hydrogen) atoms. The van der Waals surface area contributed by atoms with Crippen LogP contribution in [0.5, 0.6) is 5.75 Å². The minimum absolute atomic E-state index is 0.0693. The van der Waals surface area contributed by atoms with Crippen LogP contribution < -0.4 is 10.1 Å². The van der Waals surface area contributed by atoms with Gasteiger partial charge in [0.15, 0.2) is 0 Å². The lowest BCUT2D eigenvalue weighted by Gasteiger charge is -2.47. The van der Waals surface area contributed by atoms with E-state index in [1.54, 1.807) is 19.2 Å². The third-order valence-corrected chi connectivity index (χ3v) is 8.01. The van der Waals surface area contributed by atoms with Gasteiger partial charge >= 0.3 is 5.97 Å². The second-order valence-corrected chi connectivity index (χ2v) is 9.80. The molecule has 2 aliphatic rings. The third kappa shape index (κ3) is 3.76. The third-order valence-electron chi connectivity index (χ3n) is 7.78. The Hall–Kier alpha value is -2.98. The van der Waals surface area contributed by atoms with E-state index in [-0.39, 0.29) is 5.41 Å². The Morgan fingerprint density at radius 2 is 1.73 bits per heavy atom. The second kappa shape index (κ2) is 8.42. The highest BCUT2D eigenvalue weighted by Crippen LogP contribution is 2.58. The molecule has 1 fully saturated rings. The lowest BCUT2D eigenvalue weighted by Crippen LogP contribution is -2.52. The molecule has 2 aliphatic carbocycles. The number of hydrogen-bond donors (Lipinski definition) is 2. The molecular weight excluding hydrogens is 434 g/mol. The van der Waals surface area contributed by atoms with E-state index in [2.05, 4.69) is 41.7 Å². The molecule has 0 aromatic heterocycles. The van der Waals surface area contributed by atoms with E-state index in [1.807, 2.05) is 24.3 Å². The first-order valence-corrected chi connectivity index (χ1v) is 11.8. The van der Waals surface area contributed by atoms with E-state index in [9.17, 15) is 9.90 Å². The van der Waals surface area contributed by atoms with Crippen molar-refractivity contribution in [3.63, 3.8) is 0 Å². The molecule has 1 saturated carbocycles. The number of carbonyl (C=O) groups is 1. The standard InChI is InChI=1S/C28H28ClNO3/c1-33-23-11-9-19(10-12-23)25-17-20-5-2-3-8-24(20)27(25)13-15-28(16-14-27,26(31)32)30-22-7-4-6-21(29)18-22/h2-12,18,25,30H,13-17H2,1H3,(H,31,32). The van der Waals surface area contributed by atoms with Crippen LogP contribution in [0.1, 0.15) is 48.3 Å². The van der Waals surface area contributed by atoms with Crippen molar-refractivity contribution in [1.82, 2.24) is 0 Å². The first kappa shape index (κ1) is 21.8. The summed E-state index contributed by atoms with van der Waals surface area (Å²) in [5.41, 5.74) is 3.73. The van der Waals surface area contributed by atoms with Crippen LogP contribution in [0, 0.1) is 0 Å². The molecule has 5 rings (SSSR count). The van der Waals surface area contributed by atoms with Crippen molar-refractivity contribution in [1.29, 1.82) is 0 Å². The maximum atomic E-state index is 12.5. The Balaban J connectivity index is 1.49. The van der Waals surface area contributed by atoms with Gasteiger partial charge in [-0.05, 0) is 85.0 Å². The number of aliphatic carboxylic acids is 1. The number of ether oxygens (including phenoxy) is 1. The Labute approximate surface area is 199 Å². The number of anilines is 1. The molecule has 0 amide bonds. The molecule has 2 N–H and O–H groups in total. The average Bonchev–Trinajstić information content (AvgIpc) is 3.15. The molecule has 0 aliphatic heterocycles. The van der Waals surface area contributed by atoms with Crippen LogP contribution >= 0.6 is 11.6 Å². The maximum absolute atomic E-state index is 12.5. The molecule has 0 saturated heterocycles. The highest BCUT2D eigenvalue weighted by Gasteiger charge is 2.54. The lowest BCUT2D eigenvalue weighted by molar-refractivity contribution is -0.144. The van der Waals surface area contributed by atoms with Crippen LogP contribution in [-0.4, -0.2) is 23.7 Å². The number of fused-ring (bicyclic) bond motifs is 2. The Morgan fingerprint density at radius 1 is 1.00 bits per heavy atom. The van der Waals surface area contributed by atoms with Gasteiger partial charge in [-0.2, -0.15) is 0 Å². The van der Waals surface area contributed by atoms with Gasteiger partial charge in [0.05, 0.1) is 7.11 Å². The van der Waals surface area contributed by atoms with Crippen molar-refractivity contribution in [3.05, 3.63) is 94.5 Å². The maximum Gasteiger partial charge on any atom is 0.329 e. The normalized spacial score (nSPS) is 26.1. The fourth-order valence-electron chi connectivity index (χ4n) is 6.04. The largest absolute Gasteiger partial charge is 0.497 e. The van der Waals surface area contributed by atoms with Crippen molar-refractivity contribution in [3.8, 4) is 5.75 Å². The lowest BCUT2D eigenvalue weighted by atomic mass is 9.59. The summed E-state index contributed by atoms with van der Waals surface area (Å²) < 4.78 is 5.37. The molecule has 0 radical (unpaired) electrons. The molecule has 5 heteroatoms. The minimum Gasteiger partial charge on any atom is -0.497 e. The van der Waals surface area contributed by atoms with Crippen LogP contribution in [0.25, 0.3) is 0 Å². The molecule has 0 bridgehead atoms. The number of hydrogen-bond acceptors (Lipinski definition) is 3. The fourth-order valence-corrected chi connectivity index (χ4v) is 6.23. The molecule has 1 unspecified atom stereocenters. The SMILES string of the molecule is COc1ccc(C2Cc3ccccc3C23CCC(Nc2cccc(Cl)c2)(C(=O)O)CC3)cc1. The summed E-state index contributed by atoms with van der Waals surface area (Å²) in [4.78, 5) is 12.5. The topological polar surface area (TPSA) is 58.6 Å². The van der Waals surface area contributed by atoms with E-state index in [0.29, 0.717) is 23.8 Å². The van der Waals surface area contributed by atoms with E-state index in [0.717, 1.165) is 30.7 Å². The number of benzene rings is 3. The number of methoxy groups -OCH3 is 1. The number of carboxylic acids is 1. The molecule has 170 valence electrons.